The second-order valence-electron chi connectivity index (χ2n) is 5.84. The number of nitro groups is 1. The second kappa shape index (κ2) is 6.82. The zero-order chi connectivity index (χ0) is 18.7. The van der Waals surface area contributed by atoms with Crippen LogP contribution >= 0.6 is 0 Å². The summed E-state index contributed by atoms with van der Waals surface area (Å²) in [4.78, 5) is 15.0. The van der Waals surface area contributed by atoms with Gasteiger partial charge in [0.05, 0.1) is 7.05 Å². The summed E-state index contributed by atoms with van der Waals surface area (Å²) in [7, 11) is 1.56. The first-order valence-corrected chi connectivity index (χ1v) is 7.98. The minimum Gasteiger partial charge on any atom is -0.369 e. The third kappa shape index (κ3) is 3.08. The van der Waals surface area contributed by atoms with Crippen molar-refractivity contribution < 1.29 is 10.0 Å². The summed E-state index contributed by atoms with van der Waals surface area (Å²) in [6.45, 7) is 1.67. The molecule has 0 saturated heterocycles. The summed E-state index contributed by atoms with van der Waals surface area (Å²) in [6.07, 6.45) is 0. The van der Waals surface area contributed by atoms with Gasteiger partial charge < -0.3 is 15.2 Å². The van der Waals surface area contributed by atoms with Crippen LogP contribution in [0, 0.1) is 28.9 Å². The Morgan fingerprint density at radius 2 is 1.58 bits per heavy atom. The Labute approximate surface area is 150 Å². The summed E-state index contributed by atoms with van der Waals surface area (Å²) in [5.74, 6) is 5.81. The lowest BCUT2D eigenvalue weighted by Gasteiger charge is -2.23. The lowest BCUT2D eigenvalue weighted by Crippen LogP contribution is -2.25. The molecule has 0 radical (unpaired) electrons. The van der Waals surface area contributed by atoms with Gasteiger partial charge in [-0.3, -0.25) is 0 Å². The predicted molar refractivity (Wildman–Crippen MR) is 97.4 cm³/mol. The molecule has 0 spiro atoms. The van der Waals surface area contributed by atoms with Crippen molar-refractivity contribution in [2.45, 2.75) is 12.5 Å². The maximum atomic E-state index is 11.3. The van der Waals surface area contributed by atoms with Crippen LogP contribution in [-0.2, 0) is 12.6 Å². The van der Waals surface area contributed by atoms with Gasteiger partial charge in [-0.2, -0.15) is 4.98 Å². The number of imidazole rings is 1. The van der Waals surface area contributed by atoms with Crippen LogP contribution in [0.25, 0.3) is 0 Å². The maximum Gasteiger partial charge on any atom is 0.358 e. The van der Waals surface area contributed by atoms with E-state index >= 15 is 0 Å². The molecular weight excluding hydrogens is 330 g/mol. The Bertz CT molecular complexity index is 960. The van der Waals surface area contributed by atoms with Crippen molar-refractivity contribution in [3.05, 3.63) is 93.4 Å². The Morgan fingerprint density at radius 3 is 2.04 bits per heavy atom. The summed E-state index contributed by atoms with van der Waals surface area (Å²) >= 11 is 0. The van der Waals surface area contributed by atoms with E-state index in [1.54, 1.807) is 62.5 Å². The molecule has 1 aromatic heterocycles. The van der Waals surface area contributed by atoms with Crippen LogP contribution in [0.2, 0.25) is 0 Å². The van der Waals surface area contributed by atoms with Gasteiger partial charge in [0.15, 0.2) is 11.4 Å². The van der Waals surface area contributed by atoms with Crippen LogP contribution in [0.15, 0.2) is 60.7 Å². The number of aryl methyl sites for hydroxylation is 1. The largest absolute Gasteiger partial charge is 0.369 e. The van der Waals surface area contributed by atoms with Crippen molar-refractivity contribution in [1.82, 2.24) is 9.55 Å². The molecule has 0 saturated carbocycles. The predicted octanol–water partition coefficient (Wildman–Crippen LogP) is 2.92. The molecule has 0 atom stereocenters. The molecule has 6 nitrogen and oxygen atoms in total. The maximum absolute atomic E-state index is 11.3. The average Bonchev–Trinajstić information content (AvgIpc) is 2.95. The Balaban J connectivity index is 2.18. The van der Waals surface area contributed by atoms with E-state index in [-0.39, 0.29) is 11.5 Å². The van der Waals surface area contributed by atoms with Crippen LogP contribution in [-0.4, -0.2) is 19.6 Å². The number of nitrogens with zero attached hydrogens (tertiary/aromatic N) is 3. The molecule has 0 amide bonds. The zero-order valence-corrected chi connectivity index (χ0v) is 14.4. The summed E-state index contributed by atoms with van der Waals surface area (Å²) < 4.78 is 1.37. The van der Waals surface area contributed by atoms with E-state index in [1.807, 2.05) is 12.1 Å². The standard InChI is InChI=1S/C20H17N3O3/c1-15-21-18(19(22(15)2)23(25)26)13-14-20(24,16-9-5-3-6-10-16)17-11-7-4-8-12-17/h3-12,24H,1-2H3. The molecular formula is C20H17N3O3. The Morgan fingerprint density at radius 1 is 1.08 bits per heavy atom. The van der Waals surface area contributed by atoms with E-state index in [1.165, 1.54) is 4.57 Å². The molecule has 1 N–H and O–H groups in total. The molecule has 0 unspecified atom stereocenters. The van der Waals surface area contributed by atoms with Crippen molar-refractivity contribution in [2.24, 2.45) is 7.05 Å². The van der Waals surface area contributed by atoms with Crippen molar-refractivity contribution >= 4 is 5.82 Å². The lowest BCUT2D eigenvalue weighted by molar-refractivity contribution is -0.392. The molecule has 6 heteroatoms. The zero-order valence-electron chi connectivity index (χ0n) is 14.4. The molecule has 0 aliphatic rings. The molecule has 1 heterocycles. The van der Waals surface area contributed by atoms with E-state index in [0.717, 1.165) is 0 Å². The van der Waals surface area contributed by atoms with E-state index in [4.69, 9.17) is 0 Å². The molecule has 3 aromatic rings. The van der Waals surface area contributed by atoms with Gasteiger partial charge in [0.25, 0.3) is 0 Å². The van der Waals surface area contributed by atoms with Gasteiger partial charge in [-0.05, 0) is 10.8 Å². The van der Waals surface area contributed by atoms with Gasteiger partial charge >= 0.3 is 5.82 Å². The number of benzene rings is 2. The first-order chi connectivity index (χ1) is 12.4. The summed E-state index contributed by atoms with van der Waals surface area (Å²) in [5, 5.41) is 22.7. The molecule has 0 aliphatic carbocycles. The lowest BCUT2D eigenvalue weighted by atomic mass is 9.87. The monoisotopic (exact) mass is 347 g/mol. The normalized spacial score (nSPS) is 10.9. The van der Waals surface area contributed by atoms with Crippen LogP contribution < -0.4 is 0 Å². The van der Waals surface area contributed by atoms with Gasteiger partial charge in [0.2, 0.25) is 5.69 Å². The highest BCUT2D eigenvalue weighted by Crippen LogP contribution is 2.29. The first-order valence-electron chi connectivity index (χ1n) is 7.98. The smallest absolute Gasteiger partial charge is 0.358 e. The van der Waals surface area contributed by atoms with E-state index < -0.39 is 10.5 Å². The molecule has 3 rings (SSSR count). The first kappa shape index (κ1) is 17.4. The van der Waals surface area contributed by atoms with Gasteiger partial charge in [-0.1, -0.05) is 66.6 Å². The van der Waals surface area contributed by atoms with Gasteiger partial charge in [-0.25, -0.2) is 4.57 Å². The fourth-order valence-electron chi connectivity index (χ4n) is 2.71. The highest BCUT2D eigenvalue weighted by Gasteiger charge is 2.30. The second-order valence-corrected chi connectivity index (χ2v) is 5.84. The highest BCUT2D eigenvalue weighted by molar-refractivity contribution is 5.50. The molecule has 0 aliphatic heterocycles. The van der Waals surface area contributed by atoms with Gasteiger partial charge in [-0.15, -0.1) is 0 Å². The van der Waals surface area contributed by atoms with Crippen LogP contribution in [0.3, 0.4) is 0 Å². The van der Waals surface area contributed by atoms with E-state index in [9.17, 15) is 15.2 Å². The number of hydrogen-bond donors (Lipinski definition) is 1. The van der Waals surface area contributed by atoms with Crippen LogP contribution in [0.1, 0.15) is 22.6 Å². The fourth-order valence-corrected chi connectivity index (χ4v) is 2.71. The van der Waals surface area contributed by atoms with Gasteiger partial charge in [0, 0.05) is 18.1 Å². The van der Waals surface area contributed by atoms with Crippen molar-refractivity contribution in [3.63, 3.8) is 0 Å². The molecule has 0 fully saturated rings. The third-order valence-corrected chi connectivity index (χ3v) is 4.21. The Hall–Kier alpha value is -3.43. The van der Waals surface area contributed by atoms with Crippen LogP contribution in [0.5, 0.6) is 0 Å². The third-order valence-electron chi connectivity index (χ3n) is 4.21. The molecule has 0 bridgehead atoms. The van der Waals surface area contributed by atoms with E-state index in [2.05, 4.69) is 16.8 Å². The van der Waals surface area contributed by atoms with Crippen molar-refractivity contribution in [2.75, 3.05) is 0 Å². The molecule has 130 valence electrons. The van der Waals surface area contributed by atoms with Crippen LogP contribution in [0.4, 0.5) is 5.82 Å². The van der Waals surface area contributed by atoms with E-state index in [0.29, 0.717) is 17.0 Å². The minimum absolute atomic E-state index is 0.0280. The average molecular weight is 347 g/mol. The summed E-state index contributed by atoms with van der Waals surface area (Å²) in [6, 6.07) is 18.0. The molecule has 26 heavy (non-hydrogen) atoms. The minimum atomic E-state index is -1.61. The van der Waals surface area contributed by atoms with Gasteiger partial charge in [0.1, 0.15) is 0 Å². The summed E-state index contributed by atoms with van der Waals surface area (Å²) in [5.41, 5.74) is -0.426. The quantitative estimate of drug-likeness (QED) is 0.449. The SMILES string of the molecule is Cc1nc(C#CC(O)(c2ccccc2)c2ccccc2)c([N+](=O)[O-])n1C. The number of rotatable bonds is 3. The fraction of sp³-hybridized carbons (Fsp3) is 0.150. The number of aliphatic hydroxyl groups is 1. The number of aromatic nitrogens is 2. The number of hydrogen-bond acceptors (Lipinski definition) is 4. The highest BCUT2D eigenvalue weighted by atomic mass is 16.6. The van der Waals surface area contributed by atoms with Crippen molar-refractivity contribution in [1.29, 1.82) is 0 Å². The Kier molecular flexibility index (Phi) is 4.57. The molecule has 2 aromatic carbocycles. The topological polar surface area (TPSA) is 81.2 Å². The van der Waals surface area contributed by atoms with Crippen molar-refractivity contribution in [3.8, 4) is 11.8 Å².